The number of anilines is 2. The molecule has 1 aliphatic rings. The molecule has 0 saturated carbocycles. The van der Waals surface area contributed by atoms with Gasteiger partial charge in [0.05, 0.1) is 5.69 Å². The lowest BCUT2D eigenvalue weighted by molar-refractivity contribution is -0.111. The number of nitrogens with zero attached hydrogens (tertiary/aromatic N) is 1. The number of nitrogens with one attached hydrogen (secondary N) is 3. The molecule has 5 heteroatoms. The summed E-state index contributed by atoms with van der Waals surface area (Å²) in [7, 11) is 0. The molecule has 0 saturated heterocycles. The summed E-state index contributed by atoms with van der Waals surface area (Å²) in [6, 6.07) is 19.4. The molecular formula is C27H24N4O. The van der Waals surface area contributed by atoms with E-state index >= 15 is 0 Å². The zero-order valence-corrected chi connectivity index (χ0v) is 17.9. The third-order valence-corrected chi connectivity index (χ3v) is 5.09. The maximum absolute atomic E-state index is 11.6. The third kappa shape index (κ3) is 5.05. The SMILES string of the molecule is C=CC(=O)Nc1cccc(NC2=NC=CCC(C)c3[nH]c(C#Cc4ccccc4)cc32)c1. The minimum absolute atomic E-state index is 0.253. The summed E-state index contributed by atoms with van der Waals surface area (Å²) < 4.78 is 0. The van der Waals surface area contributed by atoms with Crippen LogP contribution in [-0.4, -0.2) is 16.7 Å². The minimum atomic E-state index is -0.253. The van der Waals surface area contributed by atoms with Crippen molar-refractivity contribution in [2.24, 2.45) is 4.99 Å². The Hall–Kier alpha value is -4.30. The molecule has 3 aromatic rings. The van der Waals surface area contributed by atoms with Crippen molar-refractivity contribution in [3.63, 3.8) is 0 Å². The molecule has 1 atom stereocenters. The van der Waals surface area contributed by atoms with Gasteiger partial charge in [-0.1, -0.05) is 49.8 Å². The molecule has 0 bridgehead atoms. The van der Waals surface area contributed by atoms with E-state index < -0.39 is 0 Å². The van der Waals surface area contributed by atoms with Crippen molar-refractivity contribution in [3.8, 4) is 11.8 Å². The number of carbonyl (C=O) groups excluding carboxylic acids is 1. The van der Waals surface area contributed by atoms with Gasteiger partial charge in [0.15, 0.2) is 0 Å². The second-order valence-electron chi connectivity index (χ2n) is 7.52. The largest absolute Gasteiger partial charge is 0.351 e. The summed E-state index contributed by atoms with van der Waals surface area (Å²) >= 11 is 0. The van der Waals surface area contributed by atoms with E-state index in [0.717, 1.165) is 40.5 Å². The predicted molar refractivity (Wildman–Crippen MR) is 131 cm³/mol. The first-order valence-electron chi connectivity index (χ1n) is 10.5. The van der Waals surface area contributed by atoms with Crippen LogP contribution in [0.2, 0.25) is 0 Å². The van der Waals surface area contributed by atoms with Crippen molar-refractivity contribution in [3.05, 3.63) is 108 Å². The number of fused-ring (bicyclic) bond motifs is 1. The number of aromatic nitrogens is 1. The molecule has 2 heterocycles. The molecule has 0 aliphatic carbocycles. The van der Waals surface area contributed by atoms with Crippen LogP contribution in [0.5, 0.6) is 0 Å². The van der Waals surface area contributed by atoms with Gasteiger partial charge in [-0.15, -0.1) is 0 Å². The van der Waals surface area contributed by atoms with Crippen LogP contribution in [0.1, 0.15) is 41.8 Å². The Labute approximate surface area is 188 Å². The highest BCUT2D eigenvalue weighted by Gasteiger charge is 2.19. The molecule has 158 valence electrons. The number of amides is 1. The van der Waals surface area contributed by atoms with Crippen LogP contribution in [0.4, 0.5) is 11.4 Å². The molecule has 4 rings (SSSR count). The van der Waals surface area contributed by atoms with Crippen LogP contribution < -0.4 is 10.6 Å². The summed E-state index contributed by atoms with van der Waals surface area (Å²) in [4.78, 5) is 19.8. The van der Waals surface area contributed by atoms with Crippen molar-refractivity contribution in [2.75, 3.05) is 10.6 Å². The summed E-state index contributed by atoms with van der Waals surface area (Å²) in [5.74, 6) is 7.20. The van der Waals surface area contributed by atoms with Crippen LogP contribution in [0.3, 0.4) is 0 Å². The minimum Gasteiger partial charge on any atom is -0.351 e. The molecule has 1 aromatic heterocycles. The van der Waals surface area contributed by atoms with Crippen molar-refractivity contribution in [1.29, 1.82) is 0 Å². The second-order valence-corrected chi connectivity index (χ2v) is 7.52. The number of hydrogen-bond acceptors (Lipinski definition) is 3. The van der Waals surface area contributed by atoms with E-state index in [9.17, 15) is 4.79 Å². The van der Waals surface area contributed by atoms with E-state index in [4.69, 9.17) is 0 Å². The van der Waals surface area contributed by atoms with Gasteiger partial charge < -0.3 is 15.6 Å². The maximum Gasteiger partial charge on any atom is 0.247 e. The number of hydrogen-bond donors (Lipinski definition) is 3. The first-order valence-corrected chi connectivity index (χ1v) is 10.5. The average molecular weight is 421 g/mol. The van der Waals surface area contributed by atoms with Crippen LogP contribution in [0.25, 0.3) is 0 Å². The molecule has 1 aliphatic heterocycles. The first kappa shape index (κ1) is 21.0. The Balaban J connectivity index is 1.65. The molecule has 3 N–H and O–H groups in total. The normalized spacial score (nSPS) is 14.7. The predicted octanol–water partition coefficient (Wildman–Crippen LogP) is 5.42. The number of allylic oxidation sites excluding steroid dienone is 1. The summed E-state index contributed by atoms with van der Waals surface area (Å²) in [6.07, 6.45) is 6.02. The van der Waals surface area contributed by atoms with E-state index in [1.807, 2.05) is 66.9 Å². The summed E-state index contributed by atoms with van der Waals surface area (Å²) in [5.41, 5.74) is 5.38. The lowest BCUT2D eigenvalue weighted by Crippen LogP contribution is -2.16. The van der Waals surface area contributed by atoms with Gasteiger partial charge in [-0.05, 0) is 54.8 Å². The molecule has 32 heavy (non-hydrogen) atoms. The molecule has 2 aromatic carbocycles. The van der Waals surface area contributed by atoms with Crippen molar-refractivity contribution < 1.29 is 4.79 Å². The number of rotatable bonds is 3. The van der Waals surface area contributed by atoms with E-state index in [-0.39, 0.29) is 5.91 Å². The highest BCUT2D eigenvalue weighted by Crippen LogP contribution is 2.27. The average Bonchev–Trinajstić information content (AvgIpc) is 3.23. The zero-order chi connectivity index (χ0) is 22.3. The number of carbonyl (C=O) groups is 1. The van der Waals surface area contributed by atoms with Crippen molar-refractivity contribution in [2.45, 2.75) is 19.3 Å². The van der Waals surface area contributed by atoms with Gasteiger partial charge in [0.1, 0.15) is 5.84 Å². The van der Waals surface area contributed by atoms with E-state index in [1.54, 1.807) is 0 Å². The maximum atomic E-state index is 11.6. The van der Waals surface area contributed by atoms with E-state index in [2.05, 4.69) is 52.0 Å². The number of aliphatic imine (C=N–C) groups is 1. The highest BCUT2D eigenvalue weighted by molar-refractivity contribution is 6.10. The Morgan fingerprint density at radius 3 is 2.75 bits per heavy atom. The van der Waals surface area contributed by atoms with Crippen molar-refractivity contribution in [1.82, 2.24) is 4.98 Å². The Kier molecular flexibility index (Phi) is 6.33. The topological polar surface area (TPSA) is 69.3 Å². The van der Waals surface area contributed by atoms with Crippen LogP contribution in [-0.2, 0) is 4.79 Å². The van der Waals surface area contributed by atoms with Gasteiger partial charge >= 0.3 is 0 Å². The fourth-order valence-electron chi connectivity index (χ4n) is 3.47. The number of benzene rings is 2. The second kappa shape index (κ2) is 9.67. The summed E-state index contributed by atoms with van der Waals surface area (Å²) in [6.45, 7) is 5.67. The monoisotopic (exact) mass is 420 g/mol. The Morgan fingerprint density at radius 2 is 1.94 bits per heavy atom. The molecule has 0 radical (unpaired) electrons. The van der Waals surface area contributed by atoms with Crippen LogP contribution in [0, 0.1) is 11.8 Å². The lowest BCUT2D eigenvalue weighted by Gasteiger charge is -2.16. The number of amidine groups is 1. The molecular weight excluding hydrogens is 396 g/mol. The fourth-order valence-corrected chi connectivity index (χ4v) is 3.47. The summed E-state index contributed by atoms with van der Waals surface area (Å²) in [5, 5.41) is 6.18. The molecule has 1 unspecified atom stereocenters. The van der Waals surface area contributed by atoms with Crippen LogP contribution in [0.15, 0.2) is 90.6 Å². The Morgan fingerprint density at radius 1 is 1.12 bits per heavy atom. The van der Waals surface area contributed by atoms with Gasteiger partial charge in [0.2, 0.25) is 5.91 Å². The van der Waals surface area contributed by atoms with Gasteiger partial charge in [-0.3, -0.25) is 4.79 Å². The molecule has 0 spiro atoms. The van der Waals surface area contributed by atoms with Gasteiger partial charge in [0.25, 0.3) is 0 Å². The first-order chi connectivity index (χ1) is 15.6. The Bertz CT molecular complexity index is 1260. The molecule has 0 fully saturated rings. The number of H-pyrrole nitrogens is 1. The third-order valence-electron chi connectivity index (χ3n) is 5.09. The standard InChI is InChI=1S/C27H24N4O/c1-3-25(32)29-21-12-7-13-22(17-21)31-27-24-18-23(15-14-20-10-5-4-6-11-20)30-26(24)19(2)9-8-16-28-27/h3-8,10-13,16-19,30H,1,9H2,2H3,(H,28,31)(H,29,32). The quantitative estimate of drug-likeness (QED) is 0.391. The van der Waals surface area contributed by atoms with Crippen LogP contribution >= 0.6 is 0 Å². The molecule has 1 amide bonds. The van der Waals surface area contributed by atoms with Gasteiger partial charge in [-0.2, -0.15) is 0 Å². The van der Waals surface area contributed by atoms with Gasteiger partial charge in [-0.25, -0.2) is 4.99 Å². The fraction of sp³-hybridized carbons (Fsp3) is 0.111. The smallest absolute Gasteiger partial charge is 0.247 e. The van der Waals surface area contributed by atoms with E-state index in [0.29, 0.717) is 11.6 Å². The molecule has 5 nitrogen and oxygen atoms in total. The zero-order valence-electron chi connectivity index (χ0n) is 17.9. The van der Waals surface area contributed by atoms with Crippen molar-refractivity contribution >= 4 is 23.1 Å². The van der Waals surface area contributed by atoms with E-state index in [1.165, 1.54) is 6.08 Å². The highest BCUT2D eigenvalue weighted by atomic mass is 16.1. The lowest BCUT2D eigenvalue weighted by atomic mass is 9.99. The van der Waals surface area contributed by atoms with Gasteiger partial charge in [0, 0.05) is 40.3 Å². The number of aromatic amines is 1.